The lowest BCUT2D eigenvalue weighted by molar-refractivity contribution is -0.130. The molecule has 1 N–H and O–H groups in total. The summed E-state index contributed by atoms with van der Waals surface area (Å²) in [7, 11) is 0. The summed E-state index contributed by atoms with van der Waals surface area (Å²) in [4.78, 5) is 17.2. The quantitative estimate of drug-likeness (QED) is 0.935. The van der Waals surface area contributed by atoms with Crippen LogP contribution >= 0.6 is 11.3 Å². The van der Waals surface area contributed by atoms with Gasteiger partial charge in [-0.15, -0.1) is 11.3 Å². The number of carbonyl (C=O) groups excluding carboxylic acids is 1. The molecule has 1 saturated heterocycles. The van der Waals surface area contributed by atoms with Crippen LogP contribution in [0.5, 0.6) is 0 Å². The van der Waals surface area contributed by atoms with Crippen LogP contribution in [0.3, 0.4) is 0 Å². The van der Waals surface area contributed by atoms with Crippen molar-refractivity contribution >= 4 is 17.2 Å². The summed E-state index contributed by atoms with van der Waals surface area (Å²) in [5, 5.41) is 3.51. The van der Waals surface area contributed by atoms with E-state index in [9.17, 15) is 4.79 Å². The number of rotatable bonds is 4. The zero-order chi connectivity index (χ0) is 14.8. The monoisotopic (exact) mass is 300 g/mol. The lowest BCUT2D eigenvalue weighted by Crippen LogP contribution is -2.30. The van der Waals surface area contributed by atoms with Gasteiger partial charge in [-0.1, -0.05) is 37.3 Å². The predicted octanol–water partition coefficient (Wildman–Crippen LogP) is 3.64. The Morgan fingerprint density at radius 1 is 1.19 bits per heavy atom. The number of aryl methyl sites for hydroxylation is 1. The average Bonchev–Trinajstić information content (AvgIpc) is 3.06. The van der Waals surface area contributed by atoms with Gasteiger partial charge in [0, 0.05) is 16.3 Å². The smallest absolute Gasteiger partial charge is 0.245 e. The van der Waals surface area contributed by atoms with Crippen molar-refractivity contribution in [1.29, 1.82) is 0 Å². The van der Waals surface area contributed by atoms with Crippen LogP contribution in [-0.2, 0) is 4.79 Å². The molecular formula is C17H20N2OS. The van der Waals surface area contributed by atoms with Gasteiger partial charge in [-0.2, -0.15) is 0 Å². The van der Waals surface area contributed by atoms with Gasteiger partial charge in [-0.3, -0.25) is 10.1 Å². The second-order valence-electron chi connectivity index (χ2n) is 5.39. The van der Waals surface area contributed by atoms with E-state index in [-0.39, 0.29) is 18.1 Å². The van der Waals surface area contributed by atoms with Gasteiger partial charge < -0.3 is 4.90 Å². The van der Waals surface area contributed by atoms with E-state index < -0.39 is 0 Å². The third-order valence-corrected chi connectivity index (χ3v) is 4.85. The molecule has 3 rings (SSSR count). The lowest BCUT2D eigenvalue weighted by atomic mass is 10.1. The van der Waals surface area contributed by atoms with E-state index in [0.717, 1.165) is 18.5 Å². The minimum absolute atomic E-state index is 0.00126. The molecule has 1 aliphatic heterocycles. The highest BCUT2D eigenvalue weighted by Gasteiger charge is 2.40. The summed E-state index contributed by atoms with van der Waals surface area (Å²) in [5.74, 6) is 0.180. The number of hydrogen-bond acceptors (Lipinski definition) is 3. The third-order valence-electron chi connectivity index (χ3n) is 3.79. The maximum Gasteiger partial charge on any atom is 0.245 e. The van der Waals surface area contributed by atoms with Crippen molar-refractivity contribution in [1.82, 2.24) is 10.2 Å². The van der Waals surface area contributed by atoms with Crippen LogP contribution in [-0.4, -0.2) is 17.4 Å². The fourth-order valence-electron chi connectivity index (χ4n) is 2.81. The Bertz CT molecular complexity index is 623. The summed E-state index contributed by atoms with van der Waals surface area (Å²) in [6, 6.07) is 14.0. The van der Waals surface area contributed by atoms with E-state index in [1.807, 2.05) is 35.2 Å². The third kappa shape index (κ3) is 2.74. The van der Waals surface area contributed by atoms with E-state index in [1.54, 1.807) is 11.3 Å². The highest BCUT2D eigenvalue weighted by Crippen LogP contribution is 2.35. The Morgan fingerprint density at radius 3 is 2.57 bits per heavy atom. The van der Waals surface area contributed by atoms with E-state index >= 15 is 0 Å². The molecule has 1 aromatic carbocycles. The van der Waals surface area contributed by atoms with Crippen LogP contribution in [0.15, 0.2) is 42.5 Å². The molecular weight excluding hydrogens is 280 g/mol. The fourth-order valence-corrected chi connectivity index (χ4v) is 3.76. The van der Waals surface area contributed by atoms with Crippen LogP contribution in [0.4, 0.5) is 0 Å². The van der Waals surface area contributed by atoms with Crippen molar-refractivity contribution in [2.75, 3.05) is 6.54 Å². The van der Waals surface area contributed by atoms with Crippen LogP contribution in [0.2, 0.25) is 0 Å². The van der Waals surface area contributed by atoms with E-state index in [1.165, 1.54) is 9.75 Å². The Labute approximate surface area is 129 Å². The normalized spacial score (nSPS) is 22.0. The first-order chi connectivity index (χ1) is 10.2. The van der Waals surface area contributed by atoms with Crippen molar-refractivity contribution in [3.63, 3.8) is 0 Å². The summed E-state index contributed by atoms with van der Waals surface area (Å²) < 4.78 is 0. The maximum atomic E-state index is 12.8. The summed E-state index contributed by atoms with van der Waals surface area (Å²) >= 11 is 1.76. The molecule has 1 aromatic heterocycles. The van der Waals surface area contributed by atoms with E-state index in [2.05, 4.69) is 31.3 Å². The minimum atomic E-state index is -0.231. The Kier molecular flexibility index (Phi) is 4.08. The van der Waals surface area contributed by atoms with Crippen molar-refractivity contribution < 1.29 is 4.79 Å². The Balaban J connectivity index is 1.91. The maximum absolute atomic E-state index is 12.8. The number of carbonyl (C=O) groups is 1. The van der Waals surface area contributed by atoms with Gasteiger partial charge in [0.2, 0.25) is 5.91 Å². The molecule has 2 aromatic rings. The van der Waals surface area contributed by atoms with E-state index in [4.69, 9.17) is 0 Å². The second kappa shape index (κ2) is 6.00. The number of nitrogens with zero attached hydrogens (tertiary/aromatic N) is 1. The van der Waals surface area contributed by atoms with Crippen LogP contribution < -0.4 is 5.32 Å². The SMILES string of the molecule is CCCN1C(=O)C(c2ccccc2)NC1c1ccc(C)s1. The molecule has 2 atom stereocenters. The summed E-state index contributed by atoms with van der Waals surface area (Å²) in [6.45, 7) is 5.00. The zero-order valence-corrected chi connectivity index (χ0v) is 13.2. The predicted molar refractivity (Wildman–Crippen MR) is 86.1 cm³/mol. The Morgan fingerprint density at radius 2 is 1.95 bits per heavy atom. The second-order valence-corrected chi connectivity index (χ2v) is 6.71. The van der Waals surface area contributed by atoms with Crippen molar-refractivity contribution in [2.45, 2.75) is 32.5 Å². The Hall–Kier alpha value is -1.65. The highest BCUT2D eigenvalue weighted by atomic mass is 32.1. The first kappa shape index (κ1) is 14.3. The molecule has 1 aliphatic rings. The van der Waals surface area contributed by atoms with Crippen molar-refractivity contribution in [3.8, 4) is 0 Å². The molecule has 0 bridgehead atoms. The first-order valence-corrected chi connectivity index (χ1v) is 8.20. The van der Waals surface area contributed by atoms with Gasteiger partial charge in [0.15, 0.2) is 0 Å². The van der Waals surface area contributed by atoms with Gasteiger partial charge in [-0.05, 0) is 31.0 Å². The van der Waals surface area contributed by atoms with Gasteiger partial charge in [0.25, 0.3) is 0 Å². The first-order valence-electron chi connectivity index (χ1n) is 7.38. The fraction of sp³-hybridized carbons (Fsp3) is 0.353. The number of benzene rings is 1. The lowest BCUT2D eigenvalue weighted by Gasteiger charge is -2.22. The number of thiophene rings is 1. The van der Waals surface area contributed by atoms with Gasteiger partial charge in [0.1, 0.15) is 12.2 Å². The molecule has 4 heteroatoms. The zero-order valence-electron chi connectivity index (χ0n) is 12.4. The molecule has 1 fully saturated rings. The molecule has 0 aliphatic carbocycles. The molecule has 2 heterocycles. The number of amides is 1. The summed E-state index contributed by atoms with van der Waals surface area (Å²) in [6.07, 6.45) is 0.969. The molecule has 21 heavy (non-hydrogen) atoms. The van der Waals surface area contributed by atoms with Crippen molar-refractivity contribution in [2.24, 2.45) is 0 Å². The molecule has 0 radical (unpaired) electrons. The molecule has 3 nitrogen and oxygen atoms in total. The molecule has 0 spiro atoms. The largest absolute Gasteiger partial charge is 0.320 e. The van der Waals surface area contributed by atoms with Crippen LogP contribution in [0.25, 0.3) is 0 Å². The topological polar surface area (TPSA) is 32.3 Å². The van der Waals surface area contributed by atoms with Gasteiger partial charge in [-0.25, -0.2) is 0 Å². The highest BCUT2D eigenvalue weighted by molar-refractivity contribution is 7.12. The molecule has 1 amide bonds. The average molecular weight is 300 g/mol. The van der Waals surface area contributed by atoms with Gasteiger partial charge in [0.05, 0.1) is 0 Å². The molecule has 2 unspecified atom stereocenters. The molecule has 0 saturated carbocycles. The molecule has 110 valence electrons. The van der Waals surface area contributed by atoms with Gasteiger partial charge >= 0.3 is 0 Å². The van der Waals surface area contributed by atoms with Crippen LogP contribution in [0.1, 0.15) is 40.9 Å². The summed E-state index contributed by atoms with van der Waals surface area (Å²) in [5.41, 5.74) is 1.04. The van der Waals surface area contributed by atoms with E-state index in [0.29, 0.717) is 0 Å². The standard InChI is InChI=1S/C17H20N2OS/c1-3-11-19-16(14-10-9-12(2)21-14)18-15(17(19)20)13-7-5-4-6-8-13/h4-10,15-16,18H,3,11H2,1-2H3. The number of nitrogens with one attached hydrogen (secondary N) is 1. The van der Waals surface area contributed by atoms with Crippen LogP contribution in [0, 0.1) is 6.92 Å². The number of hydrogen-bond donors (Lipinski definition) is 1. The van der Waals surface area contributed by atoms with Crippen molar-refractivity contribution in [3.05, 3.63) is 57.8 Å². The minimum Gasteiger partial charge on any atom is -0.320 e.